The van der Waals surface area contributed by atoms with Gasteiger partial charge in [0.2, 0.25) is 0 Å². The van der Waals surface area contributed by atoms with E-state index in [1.807, 2.05) is 24.3 Å². The second-order valence-corrected chi connectivity index (χ2v) is 5.29. The number of para-hydroxylation sites is 1. The first-order valence-corrected chi connectivity index (χ1v) is 6.40. The van der Waals surface area contributed by atoms with Crippen molar-refractivity contribution in [2.45, 2.75) is 32.1 Å². The highest BCUT2D eigenvalue weighted by atomic mass is 32.1. The zero-order valence-corrected chi connectivity index (χ0v) is 10.6. The summed E-state index contributed by atoms with van der Waals surface area (Å²) in [6.45, 7) is 1.90. The Balaban J connectivity index is 1.94. The van der Waals surface area contributed by atoms with Gasteiger partial charge in [0.25, 0.3) is 0 Å². The molecule has 0 radical (unpaired) electrons. The third-order valence-electron chi connectivity index (χ3n) is 2.48. The van der Waals surface area contributed by atoms with Gasteiger partial charge in [-0.1, -0.05) is 12.1 Å². The van der Waals surface area contributed by atoms with Gasteiger partial charge in [-0.25, -0.2) is 4.98 Å². The van der Waals surface area contributed by atoms with Crippen molar-refractivity contribution in [2.24, 2.45) is 0 Å². The summed E-state index contributed by atoms with van der Waals surface area (Å²) in [6.07, 6.45) is -4.95. The summed E-state index contributed by atoms with van der Waals surface area (Å²) >= 11 is 1.50. The first kappa shape index (κ1) is 13.3. The predicted octanol–water partition coefficient (Wildman–Crippen LogP) is 3.73. The minimum absolute atomic E-state index is 0.372. The van der Waals surface area contributed by atoms with Crippen LogP contribution < -0.4 is 5.32 Å². The van der Waals surface area contributed by atoms with Crippen LogP contribution in [0.15, 0.2) is 24.3 Å². The number of halogens is 3. The molecule has 0 fully saturated rings. The SMILES string of the molecule is CC(CC(F)(F)F)NCc1nc2ccccc2s1. The molecule has 6 heteroatoms. The van der Waals surface area contributed by atoms with Gasteiger partial charge in [0.15, 0.2) is 0 Å². The lowest BCUT2D eigenvalue weighted by Gasteiger charge is -2.14. The number of fused-ring (bicyclic) bond motifs is 1. The summed E-state index contributed by atoms with van der Waals surface area (Å²) in [5, 5.41) is 3.65. The fraction of sp³-hybridized carbons (Fsp3) is 0.417. The average Bonchev–Trinajstić information content (AvgIpc) is 2.66. The van der Waals surface area contributed by atoms with Gasteiger partial charge in [0.1, 0.15) is 5.01 Å². The molecule has 1 N–H and O–H groups in total. The molecule has 1 aromatic heterocycles. The lowest BCUT2D eigenvalue weighted by atomic mass is 10.2. The molecule has 0 aliphatic heterocycles. The Labute approximate surface area is 107 Å². The van der Waals surface area contributed by atoms with Crippen LogP contribution in [0.4, 0.5) is 13.2 Å². The smallest absolute Gasteiger partial charge is 0.308 e. The van der Waals surface area contributed by atoms with Crippen LogP contribution in [0.25, 0.3) is 10.2 Å². The number of rotatable bonds is 4. The summed E-state index contributed by atoms with van der Waals surface area (Å²) in [5.41, 5.74) is 0.891. The molecule has 0 bridgehead atoms. The molecule has 0 aliphatic rings. The Morgan fingerprint density at radius 3 is 2.72 bits per heavy atom. The standard InChI is InChI=1S/C12H13F3N2S/c1-8(6-12(13,14)15)16-7-11-17-9-4-2-3-5-10(9)18-11/h2-5,8,16H,6-7H2,1H3. The number of alkyl halides is 3. The van der Waals surface area contributed by atoms with Gasteiger partial charge < -0.3 is 5.32 Å². The van der Waals surface area contributed by atoms with Crippen molar-refractivity contribution >= 4 is 21.6 Å². The highest BCUT2D eigenvalue weighted by Crippen LogP contribution is 2.23. The molecule has 1 aromatic carbocycles. The quantitative estimate of drug-likeness (QED) is 0.919. The van der Waals surface area contributed by atoms with Gasteiger partial charge in [-0.2, -0.15) is 13.2 Å². The largest absolute Gasteiger partial charge is 0.390 e. The molecule has 1 atom stereocenters. The Hall–Kier alpha value is -1.14. The molecule has 98 valence electrons. The second kappa shape index (κ2) is 5.24. The van der Waals surface area contributed by atoms with Crippen LogP contribution in [0.5, 0.6) is 0 Å². The Kier molecular flexibility index (Phi) is 3.87. The molecular weight excluding hydrogens is 261 g/mol. The molecule has 2 rings (SSSR count). The van der Waals surface area contributed by atoms with Crippen LogP contribution in [-0.2, 0) is 6.54 Å². The van der Waals surface area contributed by atoms with Gasteiger partial charge >= 0.3 is 6.18 Å². The van der Waals surface area contributed by atoms with Gasteiger partial charge in [-0.15, -0.1) is 11.3 Å². The van der Waals surface area contributed by atoms with Gasteiger partial charge in [0, 0.05) is 12.6 Å². The maximum Gasteiger partial charge on any atom is 0.390 e. The minimum atomic E-state index is -4.12. The number of benzene rings is 1. The second-order valence-electron chi connectivity index (χ2n) is 4.18. The van der Waals surface area contributed by atoms with E-state index in [4.69, 9.17) is 0 Å². The molecule has 0 spiro atoms. The van der Waals surface area contributed by atoms with Crippen LogP contribution in [-0.4, -0.2) is 17.2 Å². The lowest BCUT2D eigenvalue weighted by molar-refractivity contribution is -0.139. The first-order chi connectivity index (χ1) is 8.44. The van der Waals surface area contributed by atoms with E-state index in [1.165, 1.54) is 18.3 Å². The fourth-order valence-corrected chi connectivity index (χ4v) is 2.59. The molecule has 2 nitrogen and oxygen atoms in total. The van der Waals surface area contributed by atoms with Gasteiger partial charge in [-0.05, 0) is 19.1 Å². The van der Waals surface area contributed by atoms with Crippen molar-refractivity contribution in [1.82, 2.24) is 10.3 Å². The summed E-state index contributed by atoms with van der Waals surface area (Å²) in [4.78, 5) is 4.36. The van der Waals surface area contributed by atoms with E-state index in [2.05, 4.69) is 10.3 Å². The first-order valence-electron chi connectivity index (χ1n) is 5.58. The zero-order valence-electron chi connectivity index (χ0n) is 9.79. The number of aromatic nitrogens is 1. The maximum absolute atomic E-state index is 12.1. The van der Waals surface area contributed by atoms with E-state index in [0.717, 1.165) is 15.2 Å². The molecule has 0 saturated heterocycles. The molecule has 0 saturated carbocycles. The Morgan fingerprint density at radius 2 is 2.06 bits per heavy atom. The third kappa shape index (κ3) is 3.68. The van der Waals surface area contributed by atoms with Crippen molar-refractivity contribution in [2.75, 3.05) is 0 Å². The Morgan fingerprint density at radius 1 is 1.33 bits per heavy atom. The molecule has 18 heavy (non-hydrogen) atoms. The minimum Gasteiger partial charge on any atom is -0.308 e. The van der Waals surface area contributed by atoms with Crippen molar-refractivity contribution in [3.8, 4) is 0 Å². The molecule has 1 unspecified atom stereocenters. The van der Waals surface area contributed by atoms with E-state index in [9.17, 15) is 13.2 Å². The van der Waals surface area contributed by atoms with Crippen molar-refractivity contribution < 1.29 is 13.2 Å². The van der Waals surface area contributed by atoms with Crippen LogP contribution in [0.1, 0.15) is 18.4 Å². The van der Waals surface area contributed by atoms with Crippen LogP contribution in [0.2, 0.25) is 0 Å². The summed E-state index contributed by atoms with van der Waals surface area (Å²) in [5.74, 6) is 0. The van der Waals surface area contributed by atoms with E-state index in [0.29, 0.717) is 6.54 Å². The van der Waals surface area contributed by atoms with E-state index in [-0.39, 0.29) is 0 Å². The highest BCUT2D eigenvalue weighted by molar-refractivity contribution is 7.18. The number of nitrogens with zero attached hydrogens (tertiary/aromatic N) is 1. The molecule has 1 heterocycles. The summed E-state index contributed by atoms with van der Waals surface area (Å²) in [7, 11) is 0. The maximum atomic E-state index is 12.1. The molecular formula is C12H13F3N2S. The zero-order chi connectivity index (χ0) is 13.2. The predicted molar refractivity (Wildman–Crippen MR) is 66.6 cm³/mol. The number of nitrogens with one attached hydrogen (secondary N) is 1. The number of thiazole rings is 1. The van der Waals surface area contributed by atoms with E-state index >= 15 is 0 Å². The van der Waals surface area contributed by atoms with Crippen molar-refractivity contribution in [1.29, 1.82) is 0 Å². The lowest BCUT2D eigenvalue weighted by Crippen LogP contribution is -2.30. The van der Waals surface area contributed by atoms with Crippen molar-refractivity contribution in [3.63, 3.8) is 0 Å². The normalized spacial score (nSPS) is 14.0. The molecule has 0 aliphatic carbocycles. The topological polar surface area (TPSA) is 24.9 Å². The molecule has 2 aromatic rings. The fourth-order valence-electron chi connectivity index (χ4n) is 1.68. The number of hydrogen-bond acceptors (Lipinski definition) is 3. The van der Waals surface area contributed by atoms with E-state index < -0.39 is 18.6 Å². The third-order valence-corrected chi connectivity index (χ3v) is 3.51. The van der Waals surface area contributed by atoms with Gasteiger partial charge in [-0.3, -0.25) is 0 Å². The van der Waals surface area contributed by atoms with Crippen LogP contribution in [0, 0.1) is 0 Å². The summed E-state index contributed by atoms with van der Waals surface area (Å²) in [6, 6.07) is 7.07. The Bertz CT molecular complexity index is 488. The van der Waals surface area contributed by atoms with Crippen LogP contribution >= 0.6 is 11.3 Å². The van der Waals surface area contributed by atoms with E-state index in [1.54, 1.807) is 0 Å². The number of hydrogen-bond donors (Lipinski definition) is 1. The average molecular weight is 274 g/mol. The van der Waals surface area contributed by atoms with Crippen LogP contribution in [0.3, 0.4) is 0 Å². The van der Waals surface area contributed by atoms with Crippen molar-refractivity contribution in [3.05, 3.63) is 29.3 Å². The monoisotopic (exact) mass is 274 g/mol. The van der Waals surface area contributed by atoms with Gasteiger partial charge in [0.05, 0.1) is 16.6 Å². The summed E-state index contributed by atoms with van der Waals surface area (Å²) < 4.78 is 37.5. The molecule has 0 amide bonds. The highest BCUT2D eigenvalue weighted by Gasteiger charge is 2.29.